The third kappa shape index (κ3) is 2.07. The average molecular weight is 212 g/mol. The van der Waals surface area contributed by atoms with Gasteiger partial charge >= 0.3 is 0 Å². The van der Waals surface area contributed by atoms with Crippen molar-refractivity contribution in [2.75, 3.05) is 12.3 Å². The molecular formula is C10H16N2OS. The average Bonchev–Trinajstić information content (AvgIpc) is 2.50. The van der Waals surface area contributed by atoms with E-state index in [1.807, 2.05) is 5.38 Å². The topological polar surface area (TPSA) is 48.1 Å². The summed E-state index contributed by atoms with van der Waals surface area (Å²) in [5, 5.41) is 3.08. The van der Waals surface area contributed by atoms with Crippen molar-refractivity contribution >= 4 is 17.2 Å². The molecule has 1 aromatic heterocycles. The van der Waals surface area contributed by atoms with E-state index in [4.69, 9.17) is 10.5 Å². The minimum atomic E-state index is -0.0106. The molecule has 1 saturated heterocycles. The standard InChI is InChI=1S/C10H16N2OS/c1-10(2)5-7(3-4-13-10)9-12-8(11)6-14-9/h6-7H,3-5,11H2,1-2H3. The molecular weight excluding hydrogens is 196 g/mol. The summed E-state index contributed by atoms with van der Waals surface area (Å²) in [4.78, 5) is 4.34. The van der Waals surface area contributed by atoms with E-state index < -0.39 is 0 Å². The van der Waals surface area contributed by atoms with Gasteiger partial charge in [0.2, 0.25) is 0 Å². The summed E-state index contributed by atoms with van der Waals surface area (Å²) in [6.07, 6.45) is 2.11. The Morgan fingerprint density at radius 1 is 1.64 bits per heavy atom. The zero-order chi connectivity index (χ0) is 10.2. The van der Waals surface area contributed by atoms with E-state index in [0.29, 0.717) is 11.7 Å². The van der Waals surface area contributed by atoms with Crippen LogP contribution in [-0.4, -0.2) is 17.2 Å². The van der Waals surface area contributed by atoms with Gasteiger partial charge in [0.1, 0.15) is 5.82 Å². The van der Waals surface area contributed by atoms with Gasteiger partial charge in [-0.3, -0.25) is 0 Å². The molecule has 3 nitrogen and oxygen atoms in total. The Balaban J connectivity index is 2.12. The second kappa shape index (κ2) is 3.51. The molecule has 0 radical (unpaired) electrons. The molecule has 2 rings (SSSR count). The van der Waals surface area contributed by atoms with Crippen LogP contribution in [0.5, 0.6) is 0 Å². The number of hydrogen-bond donors (Lipinski definition) is 1. The SMILES string of the molecule is CC1(C)CC(c2nc(N)cs2)CCO1. The molecule has 1 fully saturated rings. The predicted molar refractivity (Wildman–Crippen MR) is 58.5 cm³/mol. The van der Waals surface area contributed by atoms with Gasteiger partial charge in [0.15, 0.2) is 0 Å². The highest BCUT2D eigenvalue weighted by molar-refractivity contribution is 7.10. The number of thiazole rings is 1. The molecule has 0 aliphatic carbocycles. The van der Waals surface area contributed by atoms with E-state index in [1.165, 1.54) is 5.01 Å². The molecule has 4 heteroatoms. The summed E-state index contributed by atoms with van der Waals surface area (Å²) in [5.41, 5.74) is 5.61. The van der Waals surface area contributed by atoms with E-state index in [0.717, 1.165) is 19.4 Å². The normalized spacial score (nSPS) is 26.3. The van der Waals surface area contributed by atoms with Gasteiger partial charge in [0.25, 0.3) is 0 Å². The van der Waals surface area contributed by atoms with Crippen molar-refractivity contribution in [1.29, 1.82) is 0 Å². The lowest BCUT2D eigenvalue weighted by Gasteiger charge is -2.34. The first-order chi connectivity index (χ1) is 6.57. The second-order valence-electron chi connectivity index (χ2n) is 4.41. The molecule has 0 bridgehead atoms. The molecule has 1 aromatic rings. The molecule has 0 amide bonds. The molecule has 0 saturated carbocycles. The summed E-state index contributed by atoms with van der Waals surface area (Å²) in [6.45, 7) is 5.10. The summed E-state index contributed by atoms with van der Waals surface area (Å²) < 4.78 is 5.67. The Morgan fingerprint density at radius 2 is 2.43 bits per heavy atom. The highest BCUT2D eigenvalue weighted by Crippen LogP contribution is 2.36. The highest BCUT2D eigenvalue weighted by Gasteiger charge is 2.31. The molecule has 1 unspecified atom stereocenters. The van der Waals surface area contributed by atoms with Crippen LogP contribution >= 0.6 is 11.3 Å². The number of ether oxygens (including phenoxy) is 1. The summed E-state index contributed by atoms with van der Waals surface area (Å²) >= 11 is 1.67. The van der Waals surface area contributed by atoms with Crippen LogP contribution in [0.1, 0.15) is 37.6 Å². The molecule has 78 valence electrons. The first-order valence-corrected chi connectivity index (χ1v) is 5.80. The molecule has 0 aromatic carbocycles. The smallest absolute Gasteiger partial charge is 0.134 e. The minimum absolute atomic E-state index is 0.0106. The number of hydrogen-bond acceptors (Lipinski definition) is 4. The zero-order valence-electron chi connectivity index (χ0n) is 8.62. The van der Waals surface area contributed by atoms with Crippen molar-refractivity contribution in [2.24, 2.45) is 0 Å². The first-order valence-electron chi connectivity index (χ1n) is 4.92. The number of anilines is 1. The predicted octanol–water partition coefficient (Wildman–Crippen LogP) is 2.40. The fourth-order valence-electron chi connectivity index (χ4n) is 1.93. The highest BCUT2D eigenvalue weighted by atomic mass is 32.1. The van der Waals surface area contributed by atoms with Crippen LogP contribution in [0.2, 0.25) is 0 Å². The van der Waals surface area contributed by atoms with E-state index in [2.05, 4.69) is 18.8 Å². The van der Waals surface area contributed by atoms with Crippen LogP contribution in [0.3, 0.4) is 0 Å². The maximum atomic E-state index is 5.67. The largest absolute Gasteiger partial charge is 0.383 e. The fraction of sp³-hybridized carbons (Fsp3) is 0.700. The molecule has 1 aliphatic rings. The van der Waals surface area contributed by atoms with Crippen LogP contribution in [0.25, 0.3) is 0 Å². The minimum Gasteiger partial charge on any atom is -0.383 e. The monoisotopic (exact) mass is 212 g/mol. The quantitative estimate of drug-likeness (QED) is 0.777. The van der Waals surface area contributed by atoms with Crippen molar-refractivity contribution < 1.29 is 4.74 Å². The fourth-order valence-corrected chi connectivity index (χ4v) is 2.78. The van der Waals surface area contributed by atoms with Crippen molar-refractivity contribution in [3.8, 4) is 0 Å². The molecule has 2 heterocycles. The summed E-state index contributed by atoms with van der Waals surface area (Å²) in [6, 6.07) is 0. The van der Waals surface area contributed by atoms with Crippen molar-refractivity contribution in [3.05, 3.63) is 10.4 Å². The molecule has 0 spiro atoms. The molecule has 1 aliphatic heterocycles. The molecule has 1 atom stereocenters. The Labute approximate surface area is 88.3 Å². The van der Waals surface area contributed by atoms with Crippen LogP contribution in [0.15, 0.2) is 5.38 Å². The van der Waals surface area contributed by atoms with E-state index in [1.54, 1.807) is 11.3 Å². The number of nitrogen functional groups attached to an aromatic ring is 1. The van der Waals surface area contributed by atoms with E-state index >= 15 is 0 Å². The molecule has 14 heavy (non-hydrogen) atoms. The van der Waals surface area contributed by atoms with Crippen molar-refractivity contribution in [1.82, 2.24) is 4.98 Å². The van der Waals surface area contributed by atoms with Gasteiger partial charge in [-0.05, 0) is 26.7 Å². The zero-order valence-corrected chi connectivity index (χ0v) is 9.43. The number of nitrogens with two attached hydrogens (primary N) is 1. The molecule has 2 N–H and O–H groups in total. The van der Waals surface area contributed by atoms with Crippen LogP contribution in [0, 0.1) is 0 Å². The van der Waals surface area contributed by atoms with Gasteiger partial charge < -0.3 is 10.5 Å². The van der Waals surface area contributed by atoms with Gasteiger partial charge in [0, 0.05) is 17.9 Å². The summed E-state index contributed by atoms with van der Waals surface area (Å²) in [5.74, 6) is 1.18. The maximum absolute atomic E-state index is 5.67. The third-order valence-electron chi connectivity index (χ3n) is 2.59. The van der Waals surface area contributed by atoms with E-state index in [9.17, 15) is 0 Å². The van der Waals surface area contributed by atoms with Crippen LogP contribution in [-0.2, 0) is 4.74 Å². The lowest BCUT2D eigenvalue weighted by Crippen LogP contribution is -2.32. The summed E-state index contributed by atoms with van der Waals surface area (Å²) in [7, 11) is 0. The Hall–Kier alpha value is -0.610. The van der Waals surface area contributed by atoms with Crippen molar-refractivity contribution in [3.63, 3.8) is 0 Å². The number of aromatic nitrogens is 1. The van der Waals surface area contributed by atoms with Gasteiger partial charge in [-0.1, -0.05) is 0 Å². The van der Waals surface area contributed by atoms with E-state index in [-0.39, 0.29) is 5.60 Å². The van der Waals surface area contributed by atoms with Crippen LogP contribution in [0.4, 0.5) is 5.82 Å². The first kappa shape index (κ1) is 9.93. The van der Waals surface area contributed by atoms with Gasteiger partial charge in [0.05, 0.1) is 10.6 Å². The van der Waals surface area contributed by atoms with Gasteiger partial charge in [-0.15, -0.1) is 11.3 Å². The van der Waals surface area contributed by atoms with Gasteiger partial charge in [-0.25, -0.2) is 4.98 Å². The van der Waals surface area contributed by atoms with Crippen molar-refractivity contribution in [2.45, 2.75) is 38.2 Å². The lowest BCUT2D eigenvalue weighted by atomic mass is 9.89. The maximum Gasteiger partial charge on any atom is 0.134 e. The Kier molecular flexibility index (Phi) is 2.49. The lowest BCUT2D eigenvalue weighted by molar-refractivity contribution is -0.0593. The van der Waals surface area contributed by atoms with Gasteiger partial charge in [-0.2, -0.15) is 0 Å². The number of rotatable bonds is 1. The van der Waals surface area contributed by atoms with Crippen LogP contribution < -0.4 is 5.73 Å². The number of nitrogens with zero attached hydrogens (tertiary/aromatic N) is 1. The Morgan fingerprint density at radius 3 is 3.00 bits per heavy atom. The second-order valence-corrected chi connectivity index (χ2v) is 5.30. The third-order valence-corrected chi connectivity index (χ3v) is 3.61. The Bertz CT molecular complexity index is 322.